The van der Waals surface area contributed by atoms with Crippen LogP contribution in [0.25, 0.3) is 0 Å². The number of nitrogens with one attached hydrogen (secondary N) is 1. The summed E-state index contributed by atoms with van der Waals surface area (Å²) >= 11 is 0. The third-order valence-corrected chi connectivity index (χ3v) is 3.29. The largest absolute Gasteiger partial charge is 0.477 e. The normalized spacial score (nSPS) is 14.1. The number of nitrogen functional groups attached to an aromatic ring is 1. The van der Waals surface area contributed by atoms with Crippen LogP contribution in [0.2, 0.25) is 0 Å². The van der Waals surface area contributed by atoms with Gasteiger partial charge in [0.15, 0.2) is 0 Å². The number of amidine groups is 1. The van der Waals surface area contributed by atoms with Gasteiger partial charge < -0.3 is 10.5 Å². The molecular weight excluding hydrogens is 226 g/mol. The molecule has 0 aromatic carbocycles. The van der Waals surface area contributed by atoms with E-state index in [4.69, 9.17) is 15.9 Å². The SMILES string of the molecule is CCCCOc1nc2c(cc1C(=N)N)CCCC2. The molecule has 0 saturated heterocycles. The third kappa shape index (κ3) is 2.81. The molecule has 0 spiro atoms. The highest BCUT2D eigenvalue weighted by atomic mass is 16.5. The van der Waals surface area contributed by atoms with E-state index in [-0.39, 0.29) is 5.84 Å². The number of hydrogen-bond donors (Lipinski definition) is 2. The Kier molecular flexibility index (Phi) is 4.18. The lowest BCUT2D eigenvalue weighted by Gasteiger charge is -2.18. The first-order valence-corrected chi connectivity index (χ1v) is 6.72. The molecule has 0 saturated carbocycles. The second-order valence-electron chi connectivity index (χ2n) is 4.77. The van der Waals surface area contributed by atoms with E-state index in [2.05, 4.69) is 11.9 Å². The summed E-state index contributed by atoms with van der Waals surface area (Å²) in [6.07, 6.45) is 6.52. The van der Waals surface area contributed by atoms with Crippen LogP contribution in [-0.2, 0) is 12.8 Å². The monoisotopic (exact) mass is 247 g/mol. The standard InChI is InChI=1S/C14H21N3O/c1-2-3-8-18-14-11(13(15)16)9-10-6-4-5-7-12(10)17-14/h9H,2-8H2,1H3,(H3,15,16). The highest BCUT2D eigenvalue weighted by molar-refractivity contribution is 5.97. The van der Waals surface area contributed by atoms with Gasteiger partial charge in [-0.25, -0.2) is 4.98 Å². The zero-order chi connectivity index (χ0) is 13.0. The van der Waals surface area contributed by atoms with Gasteiger partial charge in [0.1, 0.15) is 5.84 Å². The summed E-state index contributed by atoms with van der Waals surface area (Å²) in [5, 5.41) is 7.63. The molecule has 2 rings (SSSR count). The van der Waals surface area contributed by atoms with Gasteiger partial charge >= 0.3 is 0 Å². The summed E-state index contributed by atoms with van der Waals surface area (Å²) in [4.78, 5) is 4.56. The Morgan fingerprint density at radius 2 is 2.22 bits per heavy atom. The first kappa shape index (κ1) is 12.9. The summed E-state index contributed by atoms with van der Waals surface area (Å²) in [6, 6.07) is 1.99. The zero-order valence-corrected chi connectivity index (χ0v) is 11.0. The third-order valence-electron chi connectivity index (χ3n) is 3.29. The van der Waals surface area contributed by atoms with Crippen molar-refractivity contribution in [2.24, 2.45) is 5.73 Å². The van der Waals surface area contributed by atoms with Gasteiger partial charge in [0.05, 0.1) is 12.2 Å². The average molecular weight is 247 g/mol. The van der Waals surface area contributed by atoms with Crippen LogP contribution in [0, 0.1) is 5.41 Å². The van der Waals surface area contributed by atoms with Crippen LogP contribution < -0.4 is 10.5 Å². The van der Waals surface area contributed by atoms with Crippen molar-refractivity contribution >= 4 is 5.84 Å². The van der Waals surface area contributed by atoms with Crippen molar-refractivity contribution in [1.29, 1.82) is 5.41 Å². The van der Waals surface area contributed by atoms with Crippen LogP contribution in [0.4, 0.5) is 0 Å². The summed E-state index contributed by atoms with van der Waals surface area (Å²) < 4.78 is 5.67. The topological polar surface area (TPSA) is 72.0 Å². The fraction of sp³-hybridized carbons (Fsp3) is 0.571. The first-order chi connectivity index (χ1) is 8.72. The smallest absolute Gasteiger partial charge is 0.224 e. The minimum absolute atomic E-state index is 0.0439. The number of aromatic nitrogens is 1. The zero-order valence-electron chi connectivity index (χ0n) is 11.0. The Balaban J connectivity index is 2.27. The molecule has 3 N–H and O–H groups in total. The van der Waals surface area contributed by atoms with Crippen molar-refractivity contribution in [3.63, 3.8) is 0 Å². The lowest BCUT2D eigenvalue weighted by atomic mass is 9.95. The second kappa shape index (κ2) is 5.85. The van der Waals surface area contributed by atoms with E-state index in [0.29, 0.717) is 18.1 Å². The van der Waals surface area contributed by atoms with E-state index in [0.717, 1.165) is 31.4 Å². The number of aryl methyl sites for hydroxylation is 2. The minimum atomic E-state index is 0.0439. The quantitative estimate of drug-likeness (QED) is 0.477. The molecule has 4 nitrogen and oxygen atoms in total. The lowest BCUT2D eigenvalue weighted by molar-refractivity contribution is 0.295. The molecule has 0 amide bonds. The van der Waals surface area contributed by atoms with Crippen LogP contribution in [0.15, 0.2) is 6.07 Å². The maximum atomic E-state index is 7.63. The maximum Gasteiger partial charge on any atom is 0.224 e. The fourth-order valence-electron chi connectivity index (χ4n) is 2.23. The molecule has 1 aliphatic carbocycles. The van der Waals surface area contributed by atoms with Gasteiger partial charge in [0, 0.05) is 5.69 Å². The molecule has 0 unspecified atom stereocenters. The van der Waals surface area contributed by atoms with Crippen molar-refractivity contribution in [2.75, 3.05) is 6.61 Å². The molecule has 1 aromatic heterocycles. The Morgan fingerprint density at radius 3 is 2.94 bits per heavy atom. The Labute approximate surface area is 108 Å². The molecule has 1 heterocycles. The van der Waals surface area contributed by atoms with Crippen molar-refractivity contribution in [3.05, 3.63) is 22.9 Å². The van der Waals surface area contributed by atoms with Crippen LogP contribution in [0.1, 0.15) is 49.4 Å². The van der Waals surface area contributed by atoms with E-state index < -0.39 is 0 Å². The van der Waals surface area contributed by atoms with Crippen LogP contribution in [-0.4, -0.2) is 17.4 Å². The molecule has 0 radical (unpaired) electrons. The van der Waals surface area contributed by atoms with Crippen molar-refractivity contribution in [3.8, 4) is 5.88 Å². The van der Waals surface area contributed by atoms with Gasteiger partial charge in [-0.3, -0.25) is 5.41 Å². The van der Waals surface area contributed by atoms with Gasteiger partial charge in [-0.15, -0.1) is 0 Å². The summed E-state index contributed by atoms with van der Waals surface area (Å²) in [5.41, 5.74) is 8.61. The number of rotatable bonds is 5. The van der Waals surface area contributed by atoms with Crippen molar-refractivity contribution in [2.45, 2.75) is 45.4 Å². The van der Waals surface area contributed by atoms with Gasteiger partial charge in [-0.1, -0.05) is 13.3 Å². The fourth-order valence-corrected chi connectivity index (χ4v) is 2.23. The number of nitrogens with two attached hydrogens (primary N) is 1. The number of hydrogen-bond acceptors (Lipinski definition) is 3. The van der Waals surface area contributed by atoms with Crippen LogP contribution in [0.3, 0.4) is 0 Å². The van der Waals surface area contributed by atoms with Gasteiger partial charge in [0.2, 0.25) is 5.88 Å². The van der Waals surface area contributed by atoms with E-state index >= 15 is 0 Å². The highest BCUT2D eigenvalue weighted by Crippen LogP contribution is 2.25. The van der Waals surface area contributed by atoms with Crippen molar-refractivity contribution in [1.82, 2.24) is 4.98 Å². The molecule has 1 aromatic rings. The summed E-state index contributed by atoms with van der Waals surface area (Å²) in [6.45, 7) is 2.76. The van der Waals surface area contributed by atoms with Gasteiger partial charge in [-0.05, 0) is 43.7 Å². The molecule has 1 aliphatic rings. The molecule has 0 aliphatic heterocycles. The van der Waals surface area contributed by atoms with Gasteiger partial charge in [0.25, 0.3) is 0 Å². The molecule has 98 valence electrons. The molecule has 0 fully saturated rings. The number of nitrogens with zero attached hydrogens (tertiary/aromatic N) is 1. The number of pyridine rings is 1. The lowest BCUT2D eigenvalue weighted by Crippen LogP contribution is -2.17. The molecule has 0 bridgehead atoms. The van der Waals surface area contributed by atoms with E-state index in [1.54, 1.807) is 0 Å². The van der Waals surface area contributed by atoms with Crippen LogP contribution >= 0.6 is 0 Å². The predicted molar refractivity (Wildman–Crippen MR) is 72.3 cm³/mol. The Bertz CT molecular complexity index is 443. The van der Waals surface area contributed by atoms with E-state index in [9.17, 15) is 0 Å². The number of ether oxygens (including phenoxy) is 1. The predicted octanol–water partition coefficient (Wildman–Crippen LogP) is 2.42. The maximum absolute atomic E-state index is 7.63. The summed E-state index contributed by atoms with van der Waals surface area (Å²) in [7, 11) is 0. The molecular formula is C14H21N3O. The number of unbranched alkanes of at least 4 members (excludes halogenated alkanes) is 1. The molecule has 4 heteroatoms. The van der Waals surface area contributed by atoms with E-state index in [1.165, 1.54) is 18.4 Å². The highest BCUT2D eigenvalue weighted by Gasteiger charge is 2.17. The Hall–Kier alpha value is -1.58. The molecule has 0 atom stereocenters. The Morgan fingerprint density at radius 1 is 1.44 bits per heavy atom. The summed E-state index contributed by atoms with van der Waals surface area (Å²) in [5.74, 6) is 0.582. The molecule has 18 heavy (non-hydrogen) atoms. The van der Waals surface area contributed by atoms with E-state index in [1.807, 2.05) is 6.07 Å². The number of fused-ring (bicyclic) bond motifs is 1. The first-order valence-electron chi connectivity index (χ1n) is 6.72. The minimum Gasteiger partial charge on any atom is -0.477 e. The van der Waals surface area contributed by atoms with Gasteiger partial charge in [-0.2, -0.15) is 0 Å². The van der Waals surface area contributed by atoms with Crippen LogP contribution in [0.5, 0.6) is 5.88 Å². The van der Waals surface area contributed by atoms with Crippen molar-refractivity contribution < 1.29 is 4.74 Å². The average Bonchev–Trinajstić information content (AvgIpc) is 2.38. The second-order valence-corrected chi connectivity index (χ2v) is 4.77.